The van der Waals surface area contributed by atoms with E-state index < -0.39 is 0 Å². The number of carbonyl (C=O) groups is 1. The van der Waals surface area contributed by atoms with Crippen LogP contribution < -0.4 is 0 Å². The van der Waals surface area contributed by atoms with E-state index in [0.29, 0.717) is 12.5 Å². The Morgan fingerprint density at radius 2 is 2.22 bits per heavy atom. The highest BCUT2D eigenvalue weighted by Gasteiger charge is 2.37. The van der Waals surface area contributed by atoms with Crippen LogP contribution in [-0.2, 0) is 4.74 Å². The molecule has 1 fully saturated rings. The van der Waals surface area contributed by atoms with E-state index in [9.17, 15) is 4.79 Å². The molecule has 1 saturated carbocycles. The summed E-state index contributed by atoms with van der Waals surface area (Å²) in [7, 11) is 0. The molecule has 3 heteroatoms. The minimum Gasteiger partial charge on any atom is -0.370 e. The molecule has 1 aliphatic carbocycles. The predicted molar refractivity (Wildman–Crippen MR) is 70.8 cm³/mol. The first-order valence-electron chi connectivity index (χ1n) is 6.53. The summed E-state index contributed by atoms with van der Waals surface area (Å²) in [6.45, 7) is 2.53. The van der Waals surface area contributed by atoms with Gasteiger partial charge >= 0.3 is 0 Å². The number of rotatable bonds is 5. The van der Waals surface area contributed by atoms with Crippen LogP contribution in [0.5, 0.6) is 0 Å². The first-order chi connectivity index (χ1) is 8.81. The molecule has 0 aliphatic heterocycles. The molecule has 3 rings (SSSR count). The van der Waals surface area contributed by atoms with Crippen molar-refractivity contribution in [2.75, 3.05) is 6.61 Å². The summed E-state index contributed by atoms with van der Waals surface area (Å²) in [6, 6.07) is 7.89. The molecule has 0 spiro atoms. The van der Waals surface area contributed by atoms with Crippen molar-refractivity contribution in [1.82, 2.24) is 4.98 Å². The third-order valence-electron chi connectivity index (χ3n) is 3.51. The Balaban J connectivity index is 1.95. The van der Waals surface area contributed by atoms with Crippen molar-refractivity contribution in [2.45, 2.75) is 25.9 Å². The van der Waals surface area contributed by atoms with Gasteiger partial charge in [-0.05, 0) is 31.7 Å². The maximum Gasteiger partial charge on any atom is 0.193 e. The van der Waals surface area contributed by atoms with Gasteiger partial charge in [0.1, 0.15) is 6.10 Å². The molecule has 0 amide bonds. The molecule has 0 bridgehead atoms. The number of para-hydroxylation sites is 1. The normalized spacial score (nSPS) is 16.9. The van der Waals surface area contributed by atoms with E-state index in [1.807, 2.05) is 31.2 Å². The number of aromatic nitrogens is 1. The van der Waals surface area contributed by atoms with E-state index in [0.717, 1.165) is 29.3 Å². The third-order valence-corrected chi connectivity index (χ3v) is 3.51. The molecule has 1 N–H and O–H groups in total. The second kappa shape index (κ2) is 4.58. The van der Waals surface area contributed by atoms with Crippen LogP contribution in [0.4, 0.5) is 0 Å². The number of hydrogen-bond acceptors (Lipinski definition) is 2. The van der Waals surface area contributed by atoms with Gasteiger partial charge in [-0.1, -0.05) is 18.2 Å². The Morgan fingerprint density at radius 1 is 1.44 bits per heavy atom. The van der Waals surface area contributed by atoms with Gasteiger partial charge in [0, 0.05) is 29.3 Å². The SMILES string of the molecule is CCOC(C(=O)c1c[nH]c2ccccc12)C1CC1. The number of hydrogen-bond donors (Lipinski definition) is 1. The number of nitrogens with one attached hydrogen (secondary N) is 1. The first kappa shape index (κ1) is 11.5. The maximum atomic E-state index is 12.5. The van der Waals surface area contributed by atoms with Gasteiger partial charge < -0.3 is 9.72 Å². The van der Waals surface area contributed by atoms with E-state index in [1.54, 1.807) is 6.20 Å². The highest BCUT2D eigenvalue weighted by Crippen LogP contribution is 2.36. The van der Waals surface area contributed by atoms with Gasteiger partial charge in [-0.15, -0.1) is 0 Å². The lowest BCUT2D eigenvalue weighted by Gasteiger charge is -2.14. The Hall–Kier alpha value is -1.61. The summed E-state index contributed by atoms with van der Waals surface area (Å²) >= 11 is 0. The smallest absolute Gasteiger partial charge is 0.193 e. The molecule has 1 aromatic heterocycles. The van der Waals surface area contributed by atoms with Crippen molar-refractivity contribution in [1.29, 1.82) is 0 Å². The number of benzene rings is 1. The lowest BCUT2D eigenvalue weighted by molar-refractivity contribution is 0.0376. The van der Waals surface area contributed by atoms with Crippen LogP contribution in [0.3, 0.4) is 0 Å². The van der Waals surface area contributed by atoms with E-state index in [-0.39, 0.29) is 11.9 Å². The average molecular weight is 243 g/mol. The zero-order valence-corrected chi connectivity index (χ0v) is 10.5. The maximum absolute atomic E-state index is 12.5. The van der Waals surface area contributed by atoms with Gasteiger partial charge in [-0.2, -0.15) is 0 Å². The summed E-state index contributed by atoms with van der Waals surface area (Å²) in [5, 5.41) is 0.993. The van der Waals surface area contributed by atoms with Crippen molar-refractivity contribution in [3.8, 4) is 0 Å². The van der Waals surface area contributed by atoms with E-state index in [1.165, 1.54) is 0 Å². The van der Waals surface area contributed by atoms with Crippen molar-refractivity contribution in [2.24, 2.45) is 5.92 Å². The first-order valence-corrected chi connectivity index (χ1v) is 6.53. The molecule has 0 saturated heterocycles. The molecule has 18 heavy (non-hydrogen) atoms. The molecule has 94 valence electrons. The van der Waals surface area contributed by atoms with Gasteiger partial charge in [-0.3, -0.25) is 4.79 Å². The second-order valence-electron chi connectivity index (χ2n) is 4.83. The minimum atomic E-state index is -0.255. The molecule has 0 radical (unpaired) electrons. The van der Waals surface area contributed by atoms with Crippen molar-refractivity contribution in [3.63, 3.8) is 0 Å². The molecule has 1 aromatic carbocycles. The number of H-pyrrole nitrogens is 1. The van der Waals surface area contributed by atoms with Crippen LogP contribution in [0.2, 0.25) is 0 Å². The molecule has 3 nitrogen and oxygen atoms in total. The largest absolute Gasteiger partial charge is 0.370 e. The summed E-state index contributed by atoms with van der Waals surface area (Å²) in [6.07, 6.45) is 3.77. The molecule has 1 unspecified atom stereocenters. The quantitative estimate of drug-likeness (QED) is 0.819. The molecular weight excluding hydrogens is 226 g/mol. The number of carbonyl (C=O) groups excluding carboxylic acids is 1. The monoisotopic (exact) mass is 243 g/mol. The van der Waals surface area contributed by atoms with Crippen LogP contribution in [0.1, 0.15) is 30.1 Å². The van der Waals surface area contributed by atoms with E-state index in [2.05, 4.69) is 4.98 Å². The van der Waals surface area contributed by atoms with Crippen LogP contribution in [0.15, 0.2) is 30.5 Å². The number of ether oxygens (including phenoxy) is 1. The molecule has 1 heterocycles. The van der Waals surface area contributed by atoms with Crippen LogP contribution in [-0.4, -0.2) is 23.5 Å². The third kappa shape index (κ3) is 1.95. The van der Waals surface area contributed by atoms with Crippen molar-refractivity contribution in [3.05, 3.63) is 36.0 Å². The highest BCUT2D eigenvalue weighted by molar-refractivity contribution is 6.10. The van der Waals surface area contributed by atoms with Crippen molar-refractivity contribution >= 4 is 16.7 Å². The summed E-state index contributed by atoms with van der Waals surface area (Å²) in [5.41, 5.74) is 1.77. The predicted octanol–water partition coefficient (Wildman–Crippen LogP) is 3.17. The van der Waals surface area contributed by atoms with Crippen LogP contribution in [0.25, 0.3) is 10.9 Å². The van der Waals surface area contributed by atoms with Gasteiger partial charge in [0.05, 0.1) is 0 Å². The lowest BCUT2D eigenvalue weighted by Crippen LogP contribution is -2.26. The topological polar surface area (TPSA) is 42.1 Å². The average Bonchev–Trinajstić information content (AvgIpc) is 3.14. The van der Waals surface area contributed by atoms with E-state index >= 15 is 0 Å². The Bertz CT molecular complexity index is 569. The Kier molecular flexibility index (Phi) is 2.92. The van der Waals surface area contributed by atoms with Crippen molar-refractivity contribution < 1.29 is 9.53 Å². The van der Waals surface area contributed by atoms with Crippen LogP contribution in [0, 0.1) is 5.92 Å². The Labute approximate surface area is 106 Å². The fourth-order valence-electron chi connectivity index (χ4n) is 2.43. The zero-order chi connectivity index (χ0) is 12.5. The lowest BCUT2D eigenvalue weighted by atomic mass is 10.0. The molecular formula is C15H17NO2. The fourth-order valence-corrected chi connectivity index (χ4v) is 2.43. The molecule has 2 aromatic rings. The number of Topliss-reactive ketones (excluding diaryl/α,β-unsaturated/α-hetero) is 1. The summed E-state index contributed by atoms with van der Waals surface area (Å²) < 4.78 is 5.64. The minimum absolute atomic E-state index is 0.122. The summed E-state index contributed by atoms with van der Waals surface area (Å²) in [4.78, 5) is 15.7. The number of aromatic amines is 1. The van der Waals surface area contributed by atoms with E-state index in [4.69, 9.17) is 4.74 Å². The standard InChI is InChI=1S/C15H17NO2/c1-2-18-15(10-7-8-10)14(17)12-9-16-13-6-4-3-5-11(12)13/h3-6,9-10,15-16H,2,7-8H2,1H3. The zero-order valence-electron chi connectivity index (χ0n) is 10.5. The second-order valence-corrected chi connectivity index (χ2v) is 4.83. The van der Waals surface area contributed by atoms with Crippen LogP contribution >= 0.6 is 0 Å². The fraction of sp³-hybridized carbons (Fsp3) is 0.400. The van der Waals surface area contributed by atoms with Gasteiger partial charge in [-0.25, -0.2) is 0 Å². The number of ketones is 1. The molecule has 1 atom stereocenters. The van der Waals surface area contributed by atoms with Gasteiger partial charge in [0.25, 0.3) is 0 Å². The Morgan fingerprint density at radius 3 is 2.94 bits per heavy atom. The summed E-state index contributed by atoms with van der Waals surface area (Å²) in [5.74, 6) is 0.544. The highest BCUT2D eigenvalue weighted by atomic mass is 16.5. The number of fused-ring (bicyclic) bond motifs is 1. The van der Waals surface area contributed by atoms with Gasteiger partial charge in [0.2, 0.25) is 0 Å². The van der Waals surface area contributed by atoms with Gasteiger partial charge in [0.15, 0.2) is 5.78 Å². The molecule has 1 aliphatic rings.